The molecule has 0 amide bonds. The van der Waals surface area contributed by atoms with Crippen LogP contribution in [0.2, 0.25) is 0 Å². The molecule has 3 heteroatoms. The Morgan fingerprint density at radius 3 is 1.44 bits per heavy atom. The van der Waals surface area contributed by atoms with Gasteiger partial charge in [-0.2, -0.15) is 23.8 Å². The molecule has 5 aromatic rings. The minimum atomic E-state index is 0. The first-order valence-electron chi connectivity index (χ1n) is 10.5. The largest absolute Gasteiger partial charge is 4.00 e. The fraction of sp³-hybridized carbons (Fsp3) is 0. The summed E-state index contributed by atoms with van der Waals surface area (Å²) in [4.78, 5) is 0. The Bertz CT molecular complexity index is 1310. The van der Waals surface area contributed by atoms with Crippen LogP contribution in [-0.4, -0.2) is 0 Å². The Morgan fingerprint density at radius 1 is 0.559 bits per heavy atom. The number of hydrogen-bond acceptors (Lipinski definition) is 0. The molecule has 0 N–H and O–H groups in total. The van der Waals surface area contributed by atoms with Crippen molar-refractivity contribution in [3.63, 3.8) is 0 Å². The van der Waals surface area contributed by atoms with Crippen molar-refractivity contribution in [2.75, 3.05) is 0 Å². The number of rotatable bonds is 2. The van der Waals surface area contributed by atoms with Crippen LogP contribution in [0.3, 0.4) is 0 Å². The van der Waals surface area contributed by atoms with Crippen LogP contribution in [0.15, 0.2) is 139 Å². The van der Waals surface area contributed by atoms with E-state index in [4.69, 9.17) is 0 Å². The predicted molar refractivity (Wildman–Crippen MR) is 133 cm³/mol. The zero-order chi connectivity index (χ0) is 20.9. The maximum Gasteiger partial charge on any atom is 4.00 e. The standard InChI is InChI=1S/C18H13.C13H9.2ClH.Zr/c1-3-9-15(10-4-1)18(17-13-7-8-14-17)16-11-5-2-6-12-16;1-3-7-12-10(5-1)9-11-6-2-4-8-13(11)12;;;/h1-13H;1-9H;2*1H;/q2*-1;;;+4/p-2. The Balaban J connectivity index is 0.000000229. The summed E-state index contributed by atoms with van der Waals surface area (Å²) < 4.78 is 0. The van der Waals surface area contributed by atoms with Gasteiger partial charge in [0.15, 0.2) is 0 Å². The van der Waals surface area contributed by atoms with E-state index < -0.39 is 0 Å². The van der Waals surface area contributed by atoms with Crippen LogP contribution in [0, 0.1) is 6.08 Å². The van der Waals surface area contributed by atoms with E-state index >= 15 is 0 Å². The molecule has 0 saturated carbocycles. The summed E-state index contributed by atoms with van der Waals surface area (Å²) in [5, 5.41) is 5.39. The average Bonchev–Trinajstić information content (AvgIpc) is 3.49. The zero-order valence-corrected chi connectivity index (χ0v) is 22.4. The summed E-state index contributed by atoms with van der Waals surface area (Å²) in [7, 11) is 0. The third-order valence-electron chi connectivity index (χ3n) is 5.51. The summed E-state index contributed by atoms with van der Waals surface area (Å²) in [5.41, 5.74) is 4.84. The van der Waals surface area contributed by atoms with Crippen LogP contribution < -0.4 is 24.8 Å². The zero-order valence-electron chi connectivity index (χ0n) is 18.5. The maximum atomic E-state index is 3.30. The molecule has 0 aliphatic heterocycles. The average molecular weight is 557 g/mol. The molecule has 0 bridgehead atoms. The monoisotopic (exact) mass is 554 g/mol. The van der Waals surface area contributed by atoms with Gasteiger partial charge >= 0.3 is 26.2 Å². The van der Waals surface area contributed by atoms with Crippen molar-refractivity contribution in [1.29, 1.82) is 0 Å². The van der Waals surface area contributed by atoms with E-state index in [2.05, 4.69) is 115 Å². The van der Waals surface area contributed by atoms with Gasteiger partial charge in [0, 0.05) is 0 Å². The van der Waals surface area contributed by atoms with Gasteiger partial charge in [0.1, 0.15) is 0 Å². The number of halogens is 2. The first-order chi connectivity index (χ1) is 15.4. The molecule has 5 aromatic carbocycles. The molecular formula is C31H22Cl2Zr. The van der Waals surface area contributed by atoms with Crippen LogP contribution in [-0.2, 0) is 26.2 Å². The Labute approximate surface area is 233 Å². The normalized spacial score (nSPS) is 11.1. The van der Waals surface area contributed by atoms with Crippen LogP contribution in [0.25, 0.3) is 27.1 Å². The fourth-order valence-electron chi connectivity index (χ4n) is 4.08. The molecular weight excluding hydrogens is 534 g/mol. The minimum absolute atomic E-state index is 0. The number of benzene rings is 4. The first-order valence-corrected chi connectivity index (χ1v) is 10.5. The van der Waals surface area contributed by atoms with Gasteiger partial charge in [-0.3, -0.25) is 0 Å². The molecule has 0 unspecified atom stereocenters. The van der Waals surface area contributed by atoms with Gasteiger partial charge in [0.2, 0.25) is 0 Å². The first kappa shape index (κ1) is 27.7. The molecule has 0 atom stereocenters. The summed E-state index contributed by atoms with van der Waals surface area (Å²) in [5.74, 6) is 0. The van der Waals surface area contributed by atoms with E-state index in [9.17, 15) is 0 Å². The Hall–Kier alpha value is -2.57. The van der Waals surface area contributed by atoms with Gasteiger partial charge in [0.25, 0.3) is 0 Å². The smallest absolute Gasteiger partial charge is 1.00 e. The van der Waals surface area contributed by atoms with Gasteiger partial charge in [-0.1, -0.05) is 114 Å². The van der Waals surface area contributed by atoms with Crippen LogP contribution >= 0.6 is 0 Å². The van der Waals surface area contributed by atoms with E-state index in [0.29, 0.717) is 0 Å². The van der Waals surface area contributed by atoms with Crippen LogP contribution in [0.5, 0.6) is 0 Å². The van der Waals surface area contributed by atoms with Crippen molar-refractivity contribution in [3.8, 4) is 0 Å². The predicted octanol–water partition coefficient (Wildman–Crippen LogP) is 2.14. The summed E-state index contributed by atoms with van der Waals surface area (Å²) in [6, 6.07) is 40.2. The van der Waals surface area contributed by atoms with Gasteiger partial charge in [-0.25, -0.2) is 0 Å². The second-order valence-corrected chi connectivity index (χ2v) is 7.51. The SMILES string of the molecule is [C-]1=CC=CC1=C(c1ccccc1)c1ccccc1.[Cl-].[Cl-].[Zr+4].c1ccc2c(c1)[cH-]c1ccccc12. The van der Waals surface area contributed by atoms with E-state index in [1.807, 2.05) is 24.3 Å². The van der Waals surface area contributed by atoms with E-state index in [1.54, 1.807) is 0 Å². The van der Waals surface area contributed by atoms with E-state index in [0.717, 1.165) is 5.57 Å². The quantitative estimate of drug-likeness (QED) is 0.293. The summed E-state index contributed by atoms with van der Waals surface area (Å²) in [6.07, 6.45) is 9.39. The Kier molecular flexibility index (Phi) is 10.9. The van der Waals surface area contributed by atoms with Crippen molar-refractivity contribution in [2.24, 2.45) is 0 Å². The van der Waals surface area contributed by atoms with Gasteiger partial charge in [-0.15, -0.1) is 45.8 Å². The molecule has 6 rings (SSSR count). The number of fused-ring (bicyclic) bond motifs is 3. The molecule has 164 valence electrons. The molecule has 0 heterocycles. The molecule has 0 nitrogen and oxygen atoms in total. The second kappa shape index (κ2) is 13.4. The third kappa shape index (κ3) is 6.10. The molecule has 34 heavy (non-hydrogen) atoms. The van der Waals surface area contributed by atoms with E-state index in [1.165, 1.54) is 38.2 Å². The van der Waals surface area contributed by atoms with Crippen molar-refractivity contribution >= 4 is 27.1 Å². The second-order valence-electron chi connectivity index (χ2n) is 7.51. The van der Waals surface area contributed by atoms with Gasteiger partial charge in [0.05, 0.1) is 0 Å². The molecule has 1 aliphatic carbocycles. The maximum absolute atomic E-state index is 3.30. The molecule has 0 spiro atoms. The Morgan fingerprint density at radius 2 is 1.00 bits per heavy atom. The molecule has 0 fully saturated rings. The number of hydrogen-bond donors (Lipinski definition) is 0. The fourth-order valence-corrected chi connectivity index (χ4v) is 4.08. The minimum Gasteiger partial charge on any atom is -1.00 e. The third-order valence-corrected chi connectivity index (χ3v) is 5.51. The van der Waals surface area contributed by atoms with Crippen molar-refractivity contribution in [3.05, 3.63) is 156 Å². The van der Waals surface area contributed by atoms with Crippen LogP contribution in [0.4, 0.5) is 0 Å². The molecule has 0 aromatic heterocycles. The van der Waals surface area contributed by atoms with Gasteiger partial charge < -0.3 is 24.8 Å². The topological polar surface area (TPSA) is 0 Å². The van der Waals surface area contributed by atoms with Crippen molar-refractivity contribution in [2.45, 2.75) is 0 Å². The summed E-state index contributed by atoms with van der Waals surface area (Å²) >= 11 is 0. The summed E-state index contributed by atoms with van der Waals surface area (Å²) in [6.45, 7) is 0. The van der Waals surface area contributed by atoms with Gasteiger partial charge in [-0.05, 0) is 0 Å². The van der Waals surface area contributed by atoms with Crippen molar-refractivity contribution < 1.29 is 51.0 Å². The molecule has 1 aliphatic rings. The van der Waals surface area contributed by atoms with Crippen molar-refractivity contribution in [1.82, 2.24) is 0 Å². The molecule has 0 saturated heterocycles. The van der Waals surface area contributed by atoms with E-state index in [-0.39, 0.29) is 51.0 Å². The number of allylic oxidation sites excluding steroid dienone is 5. The van der Waals surface area contributed by atoms with Crippen LogP contribution in [0.1, 0.15) is 11.1 Å². The molecule has 0 radical (unpaired) electrons.